The van der Waals surface area contributed by atoms with E-state index in [1.54, 1.807) is 43.5 Å². The highest BCUT2D eigenvalue weighted by Crippen LogP contribution is 2.27. The summed E-state index contributed by atoms with van der Waals surface area (Å²) < 4.78 is 33.9. The molecule has 6 nitrogen and oxygen atoms in total. The third-order valence-corrected chi connectivity index (χ3v) is 8.09. The third-order valence-electron chi connectivity index (χ3n) is 6.30. The van der Waals surface area contributed by atoms with E-state index < -0.39 is 10.0 Å². The van der Waals surface area contributed by atoms with Crippen molar-refractivity contribution in [1.82, 2.24) is 5.32 Å². The fourth-order valence-electron chi connectivity index (χ4n) is 4.13. The lowest BCUT2D eigenvalue weighted by Crippen LogP contribution is -2.42. The van der Waals surface area contributed by atoms with Gasteiger partial charge in [-0.15, -0.1) is 0 Å². The first kappa shape index (κ1) is 28.3. The molecular formula is C30H38N2O4S. The number of rotatable bonds is 11. The molecule has 3 rings (SSSR count). The lowest BCUT2D eigenvalue weighted by atomic mass is 9.97. The van der Waals surface area contributed by atoms with Crippen LogP contribution in [0.5, 0.6) is 5.75 Å². The Morgan fingerprint density at radius 3 is 1.95 bits per heavy atom. The summed E-state index contributed by atoms with van der Waals surface area (Å²) in [6.07, 6.45) is 0.714. The molecule has 7 heteroatoms. The summed E-state index contributed by atoms with van der Waals surface area (Å²) >= 11 is 0. The van der Waals surface area contributed by atoms with Crippen molar-refractivity contribution in [3.8, 4) is 5.75 Å². The van der Waals surface area contributed by atoms with Gasteiger partial charge in [-0.05, 0) is 72.7 Å². The summed E-state index contributed by atoms with van der Waals surface area (Å²) in [4.78, 5) is 13.5. The van der Waals surface area contributed by atoms with Gasteiger partial charge in [0.2, 0.25) is 5.91 Å². The second-order valence-electron chi connectivity index (χ2n) is 10.1. The molecule has 0 aliphatic carbocycles. The summed E-state index contributed by atoms with van der Waals surface area (Å²) in [6.45, 7) is 9.91. The predicted molar refractivity (Wildman–Crippen MR) is 150 cm³/mol. The predicted octanol–water partition coefficient (Wildman–Crippen LogP) is 6.23. The monoisotopic (exact) mass is 522 g/mol. The second kappa shape index (κ2) is 12.3. The Balaban J connectivity index is 1.93. The number of amides is 1. The molecule has 0 aromatic heterocycles. The van der Waals surface area contributed by atoms with Crippen LogP contribution in [0, 0.1) is 12.8 Å². The minimum Gasteiger partial charge on any atom is -0.497 e. The van der Waals surface area contributed by atoms with E-state index in [1.807, 2.05) is 43.3 Å². The first-order valence-corrected chi connectivity index (χ1v) is 14.1. The molecule has 0 fully saturated rings. The van der Waals surface area contributed by atoms with Crippen LogP contribution in [0.1, 0.15) is 62.8 Å². The molecule has 0 saturated carbocycles. The number of carbonyl (C=O) groups excluding carboxylic acids is 1. The maximum Gasteiger partial charge on any atom is 0.264 e. The summed E-state index contributed by atoms with van der Waals surface area (Å²) in [5.74, 6) is 0.993. The van der Waals surface area contributed by atoms with E-state index in [2.05, 4.69) is 33.0 Å². The van der Waals surface area contributed by atoms with Gasteiger partial charge in [0, 0.05) is 0 Å². The highest BCUT2D eigenvalue weighted by Gasteiger charge is 2.28. The number of benzene rings is 3. The van der Waals surface area contributed by atoms with E-state index in [0.717, 1.165) is 22.4 Å². The van der Waals surface area contributed by atoms with Crippen molar-refractivity contribution in [2.24, 2.45) is 5.92 Å². The normalized spacial score (nSPS) is 12.4. The minimum atomic E-state index is -3.98. The Hall–Kier alpha value is -3.32. The topological polar surface area (TPSA) is 75.7 Å². The number of anilines is 1. The maximum atomic E-state index is 13.7. The molecule has 1 N–H and O–H groups in total. The average molecular weight is 523 g/mol. The largest absolute Gasteiger partial charge is 0.497 e. The lowest BCUT2D eigenvalue weighted by molar-refractivity contribution is -0.120. The summed E-state index contributed by atoms with van der Waals surface area (Å²) in [7, 11) is -2.37. The third kappa shape index (κ3) is 7.35. The zero-order chi connectivity index (χ0) is 27.2. The Morgan fingerprint density at radius 2 is 1.43 bits per heavy atom. The van der Waals surface area contributed by atoms with Crippen molar-refractivity contribution in [2.45, 2.75) is 57.9 Å². The van der Waals surface area contributed by atoms with Crippen LogP contribution in [0.3, 0.4) is 0 Å². The number of aryl methyl sites for hydroxylation is 1. The quantitative estimate of drug-likeness (QED) is 0.324. The van der Waals surface area contributed by atoms with Crippen LogP contribution in [0.25, 0.3) is 0 Å². The summed E-state index contributed by atoms with van der Waals surface area (Å²) in [5.41, 5.74) is 3.44. The van der Waals surface area contributed by atoms with Crippen molar-refractivity contribution < 1.29 is 17.9 Å². The number of nitrogens with zero attached hydrogens (tertiary/aromatic N) is 1. The van der Waals surface area contributed by atoms with E-state index >= 15 is 0 Å². The van der Waals surface area contributed by atoms with E-state index in [0.29, 0.717) is 23.9 Å². The van der Waals surface area contributed by atoms with Gasteiger partial charge in [0.05, 0.1) is 23.7 Å². The Kier molecular flexibility index (Phi) is 9.38. The summed E-state index contributed by atoms with van der Waals surface area (Å²) in [5, 5.41) is 3.08. The Labute approximate surface area is 221 Å². The van der Waals surface area contributed by atoms with E-state index in [4.69, 9.17) is 4.74 Å². The van der Waals surface area contributed by atoms with Crippen molar-refractivity contribution in [1.29, 1.82) is 0 Å². The molecule has 0 spiro atoms. The van der Waals surface area contributed by atoms with Gasteiger partial charge in [-0.1, -0.05) is 69.7 Å². The smallest absolute Gasteiger partial charge is 0.264 e. The van der Waals surface area contributed by atoms with Gasteiger partial charge in [0.15, 0.2) is 0 Å². The van der Waals surface area contributed by atoms with Crippen molar-refractivity contribution in [2.75, 3.05) is 18.0 Å². The number of carbonyl (C=O) groups is 1. The van der Waals surface area contributed by atoms with Crippen LogP contribution in [0.2, 0.25) is 0 Å². The first-order chi connectivity index (χ1) is 17.5. The van der Waals surface area contributed by atoms with Crippen molar-refractivity contribution >= 4 is 21.6 Å². The van der Waals surface area contributed by atoms with Gasteiger partial charge >= 0.3 is 0 Å². The molecule has 0 radical (unpaired) electrons. The van der Waals surface area contributed by atoms with Gasteiger partial charge in [-0.3, -0.25) is 9.10 Å². The SMILES string of the molecule is COc1ccc([C@@H](CC(C)C)NC(=O)CN(c2ccc(C(C)C)cc2)S(=O)(=O)c2ccc(C)cc2)cc1. The lowest BCUT2D eigenvalue weighted by Gasteiger charge is -2.27. The molecule has 3 aromatic carbocycles. The van der Waals surface area contributed by atoms with Crippen LogP contribution in [-0.2, 0) is 14.8 Å². The van der Waals surface area contributed by atoms with E-state index in [9.17, 15) is 13.2 Å². The minimum absolute atomic E-state index is 0.146. The van der Waals surface area contributed by atoms with Gasteiger partial charge < -0.3 is 10.1 Å². The molecule has 3 aromatic rings. The molecule has 0 aliphatic heterocycles. The maximum absolute atomic E-state index is 13.7. The fourth-order valence-corrected chi connectivity index (χ4v) is 5.56. The Bertz CT molecular complexity index is 1270. The number of methoxy groups -OCH3 is 1. The van der Waals surface area contributed by atoms with Crippen LogP contribution < -0.4 is 14.4 Å². The molecular weight excluding hydrogens is 484 g/mol. The zero-order valence-electron chi connectivity index (χ0n) is 22.6. The Morgan fingerprint density at radius 1 is 0.865 bits per heavy atom. The molecule has 1 atom stereocenters. The van der Waals surface area contributed by atoms with E-state index in [-0.39, 0.29) is 23.4 Å². The van der Waals surface area contributed by atoms with Gasteiger partial charge in [0.1, 0.15) is 12.3 Å². The fraction of sp³-hybridized carbons (Fsp3) is 0.367. The molecule has 37 heavy (non-hydrogen) atoms. The number of nitrogens with one attached hydrogen (secondary N) is 1. The first-order valence-electron chi connectivity index (χ1n) is 12.6. The van der Waals surface area contributed by atoms with Gasteiger partial charge in [-0.2, -0.15) is 0 Å². The van der Waals surface area contributed by atoms with Crippen LogP contribution in [-0.4, -0.2) is 28.0 Å². The zero-order valence-corrected chi connectivity index (χ0v) is 23.4. The molecule has 0 unspecified atom stereocenters. The number of ether oxygens (including phenoxy) is 1. The molecule has 0 saturated heterocycles. The molecule has 0 aliphatic rings. The number of hydrogen-bond acceptors (Lipinski definition) is 4. The highest BCUT2D eigenvalue weighted by atomic mass is 32.2. The van der Waals surface area contributed by atoms with Crippen LogP contribution in [0.4, 0.5) is 5.69 Å². The van der Waals surface area contributed by atoms with Gasteiger partial charge in [-0.25, -0.2) is 8.42 Å². The second-order valence-corrected chi connectivity index (χ2v) is 12.0. The summed E-state index contributed by atoms with van der Waals surface area (Å²) in [6, 6.07) is 21.4. The molecule has 1 amide bonds. The van der Waals surface area contributed by atoms with Crippen molar-refractivity contribution in [3.63, 3.8) is 0 Å². The van der Waals surface area contributed by atoms with Gasteiger partial charge in [0.25, 0.3) is 10.0 Å². The number of sulfonamides is 1. The standard InChI is InChI=1S/C30H38N2O4S/c1-21(2)19-29(25-11-15-27(36-6)16-12-25)31-30(33)20-32(26-13-9-24(10-14-26)22(3)4)37(34,35)28-17-7-23(5)8-18-28/h7-18,21-22,29H,19-20H2,1-6H3,(H,31,33)/t29-/m1/s1. The highest BCUT2D eigenvalue weighted by molar-refractivity contribution is 7.92. The molecule has 0 bridgehead atoms. The average Bonchev–Trinajstić information content (AvgIpc) is 2.87. The van der Waals surface area contributed by atoms with Crippen molar-refractivity contribution in [3.05, 3.63) is 89.5 Å². The van der Waals surface area contributed by atoms with Crippen LogP contribution in [0.15, 0.2) is 77.7 Å². The van der Waals surface area contributed by atoms with Crippen LogP contribution >= 0.6 is 0 Å². The molecule has 198 valence electrons. The molecule has 0 heterocycles. The van der Waals surface area contributed by atoms with E-state index in [1.165, 1.54) is 4.31 Å². The number of hydrogen-bond donors (Lipinski definition) is 1.